The number of likely N-dealkylation sites (tertiary alicyclic amines) is 1. The maximum absolute atomic E-state index is 12.6. The summed E-state index contributed by atoms with van der Waals surface area (Å²) in [5, 5.41) is 0. The monoisotopic (exact) mass is 338 g/mol. The van der Waals surface area contributed by atoms with Gasteiger partial charge in [0.2, 0.25) is 0 Å². The summed E-state index contributed by atoms with van der Waals surface area (Å²) in [6.07, 6.45) is 1.05. The van der Waals surface area contributed by atoms with Crippen molar-refractivity contribution in [2.45, 2.75) is 25.8 Å². The molecule has 0 spiro atoms. The van der Waals surface area contributed by atoms with Crippen molar-refractivity contribution in [1.29, 1.82) is 0 Å². The molecule has 2 bridgehead atoms. The van der Waals surface area contributed by atoms with Gasteiger partial charge in [0, 0.05) is 37.3 Å². The first-order valence-corrected chi connectivity index (χ1v) is 8.77. The van der Waals surface area contributed by atoms with Crippen LogP contribution in [0, 0.1) is 12.8 Å². The third-order valence-corrected chi connectivity index (χ3v) is 5.22. The molecule has 0 N–H and O–H groups in total. The van der Waals surface area contributed by atoms with E-state index in [0.29, 0.717) is 31.3 Å². The van der Waals surface area contributed by atoms with Gasteiger partial charge in [-0.15, -0.1) is 0 Å². The number of pyridine rings is 1. The average molecular weight is 338 g/mol. The average Bonchev–Trinajstić information content (AvgIpc) is 2.62. The summed E-state index contributed by atoms with van der Waals surface area (Å²) in [6.45, 7) is 4.15. The lowest BCUT2D eigenvalue weighted by Crippen LogP contribution is -2.50. The van der Waals surface area contributed by atoms with Crippen LogP contribution in [0.4, 0.5) is 0 Å². The van der Waals surface area contributed by atoms with Crippen molar-refractivity contribution in [3.05, 3.63) is 64.1 Å². The lowest BCUT2D eigenvalue weighted by Gasteiger charge is -2.42. The molecule has 1 amide bonds. The lowest BCUT2D eigenvalue weighted by atomic mass is 9.83. The Bertz CT molecular complexity index is 841. The Kier molecular flexibility index (Phi) is 4.07. The van der Waals surface area contributed by atoms with E-state index in [-0.39, 0.29) is 24.0 Å². The van der Waals surface area contributed by atoms with Gasteiger partial charge >= 0.3 is 0 Å². The van der Waals surface area contributed by atoms with E-state index in [1.165, 1.54) is 0 Å². The number of aryl methyl sites for hydroxylation is 1. The maximum Gasteiger partial charge on any atom is 0.260 e. The minimum Gasteiger partial charge on any atom is -0.484 e. The number of ether oxygens (including phenoxy) is 1. The Balaban J connectivity index is 1.44. The van der Waals surface area contributed by atoms with Crippen LogP contribution in [0.25, 0.3) is 0 Å². The third-order valence-electron chi connectivity index (χ3n) is 5.22. The molecule has 4 rings (SSSR count). The quantitative estimate of drug-likeness (QED) is 0.862. The van der Waals surface area contributed by atoms with Crippen LogP contribution < -0.4 is 10.3 Å². The van der Waals surface area contributed by atoms with Crippen LogP contribution in [0.3, 0.4) is 0 Å². The minimum atomic E-state index is 0.0157. The molecule has 130 valence electrons. The molecule has 1 saturated heterocycles. The Morgan fingerprint density at radius 1 is 1.12 bits per heavy atom. The van der Waals surface area contributed by atoms with Gasteiger partial charge < -0.3 is 14.2 Å². The first-order chi connectivity index (χ1) is 12.1. The molecule has 5 heteroatoms. The van der Waals surface area contributed by atoms with E-state index >= 15 is 0 Å². The van der Waals surface area contributed by atoms with Gasteiger partial charge in [0.15, 0.2) is 6.61 Å². The Morgan fingerprint density at radius 2 is 1.92 bits per heavy atom. The predicted molar refractivity (Wildman–Crippen MR) is 94.8 cm³/mol. The van der Waals surface area contributed by atoms with E-state index in [1.54, 1.807) is 6.07 Å². The first kappa shape index (κ1) is 15.9. The van der Waals surface area contributed by atoms with Gasteiger partial charge in [-0.05, 0) is 37.5 Å². The molecule has 0 aliphatic carbocycles. The van der Waals surface area contributed by atoms with E-state index in [1.807, 2.05) is 52.8 Å². The molecular weight excluding hydrogens is 316 g/mol. The summed E-state index contributed by atoms with van der Waals surface area (Å²) in [7, 11) is 0. The fourth-order valence-corrected chi connectivity index (χ4v) is 3.97. The Labute approximate surface area is 146 Å². The summed E-state index contributed by atoms with van der Waals surface area (Å²) in [6, 6.07) is 13.2. The highest BCUT2D eigenvalue weighted by molar-refractivity contribution is 5.78. The van der Waals surface area contributed by atoms with E-state index in [2.05, 4.69) is 0 Å². The zero-order chi connectivity index (χ0) is 17.4. The predicted octanol–water partition coefficient (Wildman–Crippen LogP) is 2.18. The SMILES string of the molecule is Cc1ccc(OCC(=O)N2CC3CC(C2)c2cccc(=O)n2C3)cc1. The number of nitrogens with zero attached hydrogens (tertiary/aromatic N) is 2. The topological polar surface area (TPSA) is 51.5 Å². The first-order valence-electron chi connectivity index (χ1n) is 8.77. The number of amides is 1. The normalized spacial score (nSPS) is 21.6. The van der Waals surface area contributed by atoms with Gasteiger partial charge in [-0.25, -0.2) is 0 Å². The molecule has 1 aromatic carbocycles. The van der Waals surface area contributed by atoms with Gasteiger partial charge in [-0.3, -0.25) is 9.59 Å². The van der Waals surface area contributed by atoms with Crippen LogP contribution in [0.5, 0.6) is 5.75 Å². The number of piperidine rings is 1. The van der Waals surface area contributed by atoms with Crippen molar-refractivity contribution in [3.8, 4) is 5.75 Å². The molecule has 2 unspecified atom stereocenters. The highest BCUT2D eigenvalue weighted by Crippen LogP contribution is 2.34. The number of hydrogen-bond acceptors (Lipinski definition) is 3. The summed E-state index contributed by atoms with van der Waals surface area (Å²) in [5.41, 5.74) is 2.28. The van der Waals surface area contributed by atoms with Crippen molar-refractivity contribution in [1.82, 2.24) is 9.47 Å². The molecule has 2 atom stereocenters. The largest absolute Gasteiger partial charge is 0.484 e. The standard InChI is InChI=1S/C20H22N2O3/c1-14-5-7-17(8-6-14)25-13-20(24)21-10-15-9-16(12-21)18-3-2-4-19(23)22(18)11-15/h2-8,15-16H,9-13H2,1H3. The van der Waals surface area contributed by atoms with E-state index in [0.717, 1.165) is 17.7 Å². The fourth-order valence-electron chi connectivity index (χ4n) is 3.97. The van der Waals surface area contributed by atoms with Crippen LogP contribution in [0.15, 0.2) is 47.3 Å². The van der Waals surface area contributed by atoms with Crippen molar-refractivity contribution in [2.24, 2.45) is 5.92 Å². The van der Waals surface area contributed by atoms with Crippen molar-refractivity contribution < 1.29 is 9.53 Å². The number of benzene rings is 1. The number of carbonyl (C=O) groups is 1. The summed E-state index contributed by atoms with van der Waals surface area (Å²) in [5.74, 6) is 1.31. The van der Waals surface area contributed by atoms with Gasteiger partial charge in [-0.2, -0.15) is 0 Å². The lowest BCUT2D eigenvalue weighted by molar-refractivity contribution is -0.136. The maximum atomic E-state index is 12.6. The third kappa shape index (κ3) is 3.18. The second-order valence-electron chi connectivity index (χ2n) is 7.10. The second-order valence-corrected chi connectivity index (χ2v) is 7.10. The van der Waals surface area contributed by atoms with Crippen LogP contribution >= 0.6 is 0 Å². The molecule has 1 aromatic heterocycles. The van der Waals surface area contributed by atoms with E-state index in [9.17, 15) is 9.59 Å². The van der Waals surface area contributed by atoms with Crippen molar-refractivity contribution in [3.63, 3.8) is 0 Å². The van der Waals surface area contributed by atoms with Gasteiger partial charge in [0.1, 0.15) is 5.75 Å². The number of rotatable bonds is 3. The number of hydrogen-bond donors (Lipinski definition) is 0. The molecule has 25 heavy (non-hydrogen) atoms. The highest BCUT2D eigenvalue weighted by atomic mass is 16.5. The summed E-state index contributed by atoms with van der Waals surface area (Å²) < 4.78 is 7.52. The van der Waals surface area contributed by atoms with Crippen molar-refractivity contribution >= 4 is 5.91 Å². The Hall–Kier alpha value is -2.56. The molecular formula is C20H22N2O3. The van der Waals surface area contributed by atoms with Gasteiger partial charge in [0.05, 0.1) is 0 Å². The number of aromatic nitrogens is 1. The van der Waals surface area contributed by atoms with Crippen LogP contribution in [0.1, 0.15) is 23.6 Å². The molecule has 1 fully saturated rings. The van der Waals surface area contributed by atoms with E-state index in [4.69, 9.17) is 4.74 Å². The van der Waals surface area contributed by atoms with Crippen LogP contribution in [-0.2, 0) is 11.3 Å². The molecule has 5 nitrogen and oxygen atoms in total. The minimum absolute atomic E-state index is 0.0157. The number of carbonyl (C=O) groups excluding carboxylic acids is 1. The molecule has 3 heterocycles. The Morgan fingerprint density at radius 3 is 2.72 bits per heavy atom. The smallest absolute Gasteiger partial charge is 0.260 e. The summed E-state index contributed by atoms with van der Waals surface area (Å²) in [4.78, 5) is 26.5. The van der Waals surface area contributed by atoms with E-state index < -0.39 is 0 Å². The van der Waals surface area contributed by atoms with Gasteiger partial charge in [-0.1, -0.05) is 23.8 Å². The van der Waals surface area contributed by atoms with Gasteiger partial charge in [0.25, 0.3) is 11.5 Å². The fraction of sp³-hybridized carbons (Fsp3) is 0.400. The zero-order valence-electron chi connectivity index (χ0n) is 14.4. The van der Waals surface area contributed by atoms with Crippen LogP contribution in [0.2, 0.25) is 0 Å². The zero-order valence-corrected chi connectivity index (χ0v) is 14.4. The molecule has 0 radical (unpaired) electrons. The highest BCUT2D eigenvalue weighted by Gasteiger charge is 2.36. The second kappa shape index (κ2) is 6.39. The molecule has 2 aliphatic heterocycles. The van der Waals surface area contributed by atoms with Crippen LogP contribution in [-0.4, -0.2) is 35.1 Å². The molecule has 2 aromatic rings. The molecule has 0 saturated carbocycles. The number of fused-ring (bicyclic) bond motifs is 4. The molecule has 2 aliphatic rings. The van der Waals surface area contributed by atoms with Crippen molar-refractivity contribution in [2.75, 3.05) is 19.7 Å². The summed E-state index contributed by atoms with van der Waals surface area (Å²) >= 11 is 0.